The van der Waals surface area contributed by atoms with E-state index in [4.69, 9.17) is 10.5 Å². The summed E-state index contributed by atoms with van der Waals surface area (Å²) < 4.78 is 5.06. The molecular weight excluding hydrogens is 190 g/mol. The van der Waals surface area contributed by atoms with Crippen LogP contribution >= 0.6 is 0 Å². The van der Waals surface area contributed by atoms with Crippen molar-refractivity contribution in [2.24, 2.45) is 5.73 Å². The number of methoxy groups -OCH3 is 1. The molecule has 1 rings (SSSR count). The number of nitrogens with two attached hydrogens (primary N) is 1. The minimum atomic E-state index is 0.491. The van der Waals surface area contributed by atoms with Gasteiger partial charge in [0.25, 0.3) is 0 Å². The standard InChI is InChI=1S/C11H19N3O/c1-3-14(6-7-15-2)11-5-4-10(8-12)13-9-11/h4-5,9H,3,6-8,12H2,1-2H3. The summed E-state index contributed by atoms with van der Waals surface area (Å²) in [5, 5.41) is 0. The van der Waals surface area contributed by atoms with Gasteiger partial charge in [0.05, 0.1) is 24.2 Å². The van der Waals surface area contributed by atoms with Crippen LogP contribution < -0.4 is 10.6 Å². The molecule has 4 heteroatoms. The number of pyridine rings is 1. The quantitative estimate of drug-likeness (QED) is 0.759. The van der Waals surface area contributed by atoms with Crippen LogP contribution in [-0.2, 0) is 11.3 Å². The van der Waals surface area contributed by atoms with E-state index in [9.17, 15) is 0 Å². The summed E-state index contributed by atoms with van der Waals surface area (Å²) in [5.41, 5.74) is 7.53. The first kappa shape index (κ1) is 11.9. The van der Waals surface area contributed by atoms with Crippen molar-refractivity contribution in [2.75, 3.05) is 31.7 Å². The van der Waals surface area contributed by atoms with E-state index in [-0.39, 0.29) is 0 Å². The average molecular weight is 209 g/mol. The zero-order valence-electron chi connectivity index (χ0n) is 9.44. The number of ether oxygens (including phenoxy) is 1. The zero-order chi connectivity index (χ0) is 11.1. The van der Waals surface area contributed by atoms with Gasteiger partial charge in [0.15, 0.2) is 0 Å². The molecule has 0 spiro atoms. The van der Waals surface area contributed by atoms with Crippen molar-refractivity contribution in [3.05, 3.63) is 24.0 Å². The lowest BCUT2D eigenvalue weighted by Gasteiger charge is -2.22. The van der Waals surface area contributed by atoms with E-state index in [1.165, 1.54) is 0 Å². The van der Waals surface area contributed by atoms with Crippen LogP contribution in [0.4, 0.5) is 5.69 Å². The van der Waals surface area contributed by atoms with Gasteiger partial charge in [0.1, 0.15) is 0 Å². The van der Waals surface area contributed by atoms with Gasteiger partial charge in [-0.05, 0) is 19.1 Å². The van der Waals surface area contributed by atoms with E-state index in [1.807, 2.05) is 18.3 Å². The van der Waals surface area contributed by atoms with Gasteiger partial charge in [-0.15, -0.1) is 0 Å². The summed E-state index contributed by atoms with van der Waals surface area (Å²) in [6.45, 7) is 5.17. The lowest BCUT2D eigenvalue weighted by atomic mass is 10.3. The van der Waals surface area contributed by atoms with E-state index < -0.39 is 0 Å². The Balaban J connectivity index is 2.65. The van der Waals surface area contributed by atoms with Crippen LogP contribution in [0.25, 0.3) is 0 Å². The maximum Gasteiger partial charge on any atom is 0.0637 e. The fourth-order valence-corrected chi connectivity index (χ4v) is 1.40. The smallest absolute Gasteiger partial charge is 0.0637 e. The van der Waals surface area contributed by atoms with Crippen LogP contribution in [0.2, 0.25) is 0 Å². The molecular formula is C11H19N3O. The van der Waals surface area contributed by atoms with Crippen molar-refractivity contribution in [2.45, 2.75) is 13.5 Å². The van der Waals surface area contributed by atoms with Crippen LogP contribution in [0, 0.1) is 0 Å². The minimum Gasteiger partial charge on any atom is -0.383 e. The van der Waals surface area contributed by atoms with Gasteiger partial charge >= 0.3 is 0 Å². The number of likely N-dealkylation sites (N-methyl/N-ethyl adjacent to an activating group) is 1. The molecule has 0 saturated heterocycles. The average Bonchev–Trinajstić information content (AvgIpc) is 2.31. The van der Waals surface area contributed by atoms with Crippen LogP contribution in [-0.4, -0.2) is 31.8 Å². The molecule has 0 bridgehead atoms. The molecule has 0 atom stereocenters. The van der Waals surface area contributed by atoms with Gasteiger partial charge in [-0.25, -0.2) is 0 Å². The number of anilines is 1. The van der Waals surface area contributed by atoms with E-state index in [0.717, 1.165) is 31.1 Å². The zero-order valence-corrected chi connectivity index (χ0v) is 9.44. The molecule has 0 aliphatic heterocycles. The normalized spacial score (nSPS) is 10.3. The summed E-state index contributed by atoms with van der Waals surface area (Å²) in [6.07, 6.45) is 1.86. The molecule has 0 radical (unpaired) electrons. The number of nitrogens with zero attached hydrogens (tertiary/aromatic N) is 2. The molecule has 0 aliphatic carbocycles. The molecule has 1 aromatic heterocycles. The van der Waals surface area contributed by atoms with Crippen molar-refractivity contribution in [1.29, 1.82) is 0 Å². The van der Waals surface area contributed by atoms with E-state index >= 15 is 0 Å². The van der Waals surface area contributed by atoms with E-state index in [1.54, 1.807) is 7.11 Å². The van der Waals surface area contributed by atoms with Crippen LogP contribution in [0.15, 0.2) is 18.3 Å². The molecule has 0 saturated carbocycles. The van der Waals surface area contributed by atoms with Gasteiger partial charge in [-0.2, -0.15) is 0 Å². The molecule has 4 nitrogen and oxygen atoms in total. The lowest BCUT2D eigenvalue weighted by Crippen LogP contribution is -2.26. The van der Waals surface area contributed by atoms with Gasteiger partial charge in [0, 0.05) is 26.7 Å². The Labute approximate surface area is 91.1 Å². The molecule has 2 N–H and O–H groups in total. The SMILES string of the molecule is CCN(CCOC)c1ccc(CN)nc1. The highest BCUT2D eigenvalue weighted by atomic mass is 16.5. The van der Waals surface area contributed by atoms with Crippen molar-refractivity contribution < 1.29 is 4.74 Å². The molecule has 0 unspecified atom stereocenters. The monoisotopic (exact) mass is 209 g/mol. The van der Waals surface area contributed by atoms with Crippen LogP contribution in [0.1, 0.15) is 12.6 Å². The van der Waals surface area contributed by atoms with Gasteiger partial charge < -0.3 is 15.4 Å². The van der Waals surface area contributed by atoms with Crippen molar-refractivity contribution in [3.8, 4) is 0 Å². The fraction of sp³-hybridized carbons (Fsp3) is 0.545. The topological polar surface area (TPSA) is 51.4 Å². The third kappa shape index (κ3) is 3.49. The van der Waals surface area contributed by atoms with E-state index in [0.29, 0.717) is 6.54 Å². The second-order valence-corrected chi connectivity index (χ2v) is 3.28. The Morgan fingerprint density at radius 2 is 2.27 bits per heavy atom. The summed E-state index contributed by atoms with van der Waals surface area (Å²) in [5.74, 6) is 0. The predicted octanol–water partition coefficient (Wildman–Crippen LogP) is 1.01. The molecule has 1 heterocycles. The molecule has 84 valence electrons. The largest absolute Gasteiger partial charge is 0.383 e. The number of hydrogen-bond donors (Lipinski definition) is 1. The maximum atomic E-state index is 5.49. The number of rotatable bonds is 6. The van der Waals surface area contributed by atoms with Gasteiger partial charge in [0.2, 0.25) is 0 Å². The molecule has 0 aliphatic rings. The third-order valence-corrected chi connectivity index (χ3v) is 2.33. The summed E-state index contributed by atoms with van der Waals surface area (Å²) in [6, 6.07) is 4.01. The molecule has 0 fully saturated rings. The Hall–Kier alpha value is -1.13. The Morgan fingerprint density at radius 3 is 2.73 bits per heavy atom. The van der Waals surface area contributed by atoms with E-state index in [2.05, 4.69) is 16.8 Å². The van der Waals surface area contributed by atoms with Crippen molar-refractivity contribution in [3.63, 3.8) is 0 Å². The number of aromatic nitrogens is 1. The molecule has 0 amide bonds. The van der Waals surface area contributed by atoms with Crippen molar-refractivity contribution in [1.82, 2.24) is 4.98 Å². The summed E-state index contributed by atoms with van der Waals surface area (Å²) >= 11 is 0. The first-order chi connectivity index (χ1) is 7.31. The van der Waals surface area contributed by atoms with Gasteiger partial charge in [-0.3, -0.25) is 4.98 Å². The highest BCUT2D eigenvalue weighted by Gasteiger charge is 2.03. The Morgan fingerprint density at radius 1 is 1.47 bits per heavy atom. The lowest BCUT2D eigenvalue weighted by molar-refractivity contribution is 0.205. The van der Waals surface area contributed by atoms with Crippen molar-refractivity contribution >= 4 is 5.69 Å². The van der Waals surface area contributed by atoms with Crippen LogP contribution in [0.5, 0.6) is 0 Å². The second-order valence-electron chi connectivity index (χ2n) is 3.28. The fourth-order valence-electron chi connectivity index (χ4n) is 1.40. The summed E-state index contributed by atoms with van der Waals surface area (Å²) in [7, 11) is 1.71. The van der Waals surface area contributed by atoms with Gasteiger partial charge in [-0.1, -0.05) is 0 Å². The predicted molar refractivity (Wildman–Crippen MR) is 61.9 cm³/mol. The summed E-state index contributed by atoms with van der Waals surface area (Å²) in [4.78, 5) is 6.49. The molecule has 15 heavy (non-hydrogen) atoms. The Bertz CT molecular complexity index is 274. The third-order valence-electron chi connectivity index (χ3n) is 2.33. The Kier molecular flexibility index (Phi) is 5.07. The molecule has 1 aromatic rings. The highest BCUT2D eigenvalue weighted by molar-refractivity contribution is 5.44. The highest BCUT2D eigenvalue weighted by Crippen LogP contribution is 2.12. The number of hydrogen-bond acceptors (Lipinski definition) is 4. The maximum absolute atomic E-state index is 5.49. The first-order valence-electron chi connectivity index (χ1n) is 5.20. The first-order valence-corrected chi connectivity index (χ1v) is 5.20. The minimum absolute atomic E-state index is 0.491. The molecule has 0 aromatic carbocycles. The second kappa shape index (κ2) is 6.37. The van der Waals surface area contributed by atoms with Crippen LogP contribution in [0.3, 0.4) is 0 Å².